The van der Waals surface area contributed by atoms with Crippen LogP contribution in [0.2, 0.25) is 0 Å². The number of nitrogens with zero attached hydrogens (tertiary/aromatic N) is 4. The predicted molar refractivity (Wildman–Crippen MR) is 125 cm³/mol. The number of aromatic nitrogens is 4. The van der Waals surface area contributed by atoms with E-state index in [-0.39, 0.29) is 15.6 Å². The lowest BCUT2D eigenvalue weighted by molar-refractivity contribution is 0.592. The van der Waals surface area contributed by atoms with Gasteiger partial charge < -0.3 is 5.32 Å². The van der Waals surface area contributed by atoms with Crippen molar-refractivity contribution in [2.75, 3.05) is 5.32 Å². The third kappa shape index (κ3) is 3.31. The number of rotatable bonds is 4. The van der Waals surface area contributed by atoms with E-state index in [0.29, 0.717) is 5.82 Å². The van der Waals surface area contributed by atoms with Gasteiger partial charge >= 0.3 is 0 Å². The van der Waals surface area contributed by atoms with Crippen LogP contribution < -0.4 is 5.32 Å². The molecule has 0 unspecified atom stereocenters. The number of nitrogens with one attached hydrogen (secondary N) is 1. The molecule has 0 radical (unpaired) electrons. The highest BCUT2D eigenvalue weighted by Gasteiger charge is 2.27. The van der Waals surface area contributed by atoms with Gasteiger partial charge in [0.1, 0.15) is 0 Å². The summed E-state index contributed by atoms with van der Waals surface area (Å²) in [4.78, 5) is 4.79. The lowest BCUT2D eigenvalue weighted by Crippen LogP contribution is -2.05. The fourth-order valence-electron chi connectivity index (χ4n) is 3.32. The minimum absolute atomic E-state index is 0.134. The van der Waals surface area contributed by atoms with Gasteiger partial charge in [-0.2, -0.15) is 4.52 Å². The molecule has 7 nitrogen and oxygen atoms in total. The van der Waals surface area contributed by atoms with Crippen LogP contribution in [0.5, 0.6) is 0 Å². The zero-order chi connectivity index (χ0) is 21.8. The lowest BCUT2D eigenvalue weighted by atomic mass is 10.1. The first-order valence-electron chi connectivity index (χ1n) is 9.33. The Balaban J connectivity index is 1.72. The van der Waals surface area contributed by atoms with Gasteiger partial charge in [-0.25, -0.2) is 13.4 Å². The Morgan fingerprint density at radius 1 is 1.06 bits per heavy atom. The maximum Gasteiger partial charge on any atom is 0.229 e. The van der Waals surface area contributed by atoms with E-state index < -0.39 is 9.84 Å². The first-order valence-corrected chi connectivity index (χ1v) is 12.5. The number of hydrogen-bond acceptors (Lipinski definition) is 7. The normalized spacial score (nSPS) is 12.0. The highest BCUT2D eigenvalue weighted by atomic mass is 79.9. The van der Waals surface area contributed by atoms with Gasteiger partial charge in [0, 0.05) is 10.2 Å². The highest BCUT2D eigenvalue weighted by Crippen LogP contribution is 2.33. The summed E-state index contributed by atoms with van der Waals surface area (Å²) in [6.07, 6.45) is 0. The van der Waals surface area contributed by atoms with Gasteiger partial charge in [-0.1, -0.05) is 33.3 Å². The molecular weight excluding hydrogens is 498 g/mol. The molecule has 0 saturated heterocycles. The molecule has 0 aliphatic heterocycles. The standard InChI is InChI=1S/C21H16BrN5O2S2/c1-12-4-3-5-16(13(12)2)23-19-18-17(10-11-30-18)27-20(24-19)21(25-26-27)31(28,29)15-8-6-14(22)7-9-15/h3-11H,1-2H3,(H,23,24). The summed E-state index contributed by atoms with van der Waals surface area (Å²) in [7, 11) is -3.90. The van der Waals surface area contributed by atoms with Gasteiger partial charge in [0.15, 0.2) is 11.5 Å². The maximum atomic E-state index is 13.3. The van der Waals surface area contributed by atoms with Crippen molar-refractivity contribution in [2.24, 2.45) is 0 Å². The first-order chi connectivity index (χ1) is 14.9. The number of aryl methyl sites for hydroxylation is 1. The van der Waals surface area contributed by atoms with Crippen molar-refractivity contribution in [3.8, 4) is 0 Å². The van der Waals surface area contributed by atoms with Crippen molar-refractivity contribution in [3.05, 3.63) is 69.5 Å². The summed E-state index contributed by atoms with van der Waals surface area (Å²) >= 11 is 4.83. The van der Waals surface area contributed by atoms with E-state index in [4.69, 9.17) is 0 Å². The van der Waals surface area contributed by atoms with E-state index in [0.717, 1.165) is 31.5 Å². The smallest absolute Gasteiger partial charge is 0.229 e. The largest absolute Gasteiger partial charge is 0.339 e. The molecule has 3 heterocycles. The van der Waals surface area contributed by atoms with Gasteiger partial charge in [0.25, 0.3) is 0 Å². The minimum Gasteiger partial charge on any atom is -0.339 e. The third-order valence-corrected chi connectivity index (χ3v) is 8.26. The van der Waals surface area contributed by atoms with E-state index >= 15 is 0 Å². The molecule has 31 heavy (non-hydrogen) atoms. The molecule has 0 aliphatic carbocycles. The Kier molecular flexibility index (Phi) is 4.80. The number of sulfone groups is 1. The molecule has 3 aromatic heterocycles. The molecule has 0 saturated carbocycles. The van der Waals surface area contributed by atoms with Crippen molar-refractivity contribution in [3.63, 3.8) is 0 Å². The SMILES string of the molecule is Cc1cccc(Nc2nc3c(S(=O)(=O)c4ccc(Br)cc4)nnn3c3ccsc23)c1C. The van der Waals surface area contributed by atoms with Gasteiger partial charge in [-0.15, -0.1) is 16.4 Å². The van der Waals surface area contributed by atoms with Gasteiger partial charge in [0.05, 0.1) is 15.1 Å². The summed E-state index contributed by atoms with van der Waals surface area (Å²) < 4.78 is 29.7. The van der Waals surface area contributed by atoms with Crippen LogP contribution in [0.1, 0.15) is 11.1 Å². The second-order valence-corrected chi connectivity index (χ2v) is 10.8. The molecule has 1 N–H and O–H groups in total. The van der Waals surface area contributed by atoms with E-state index in [1.807, 2.05) is 43.5 Å². The molecule has 0 atom stereocenters. The van der Waals surface area contributed by atoms with Crippen LogP contribution in [-0.2, 0) is 9.84 Å². The minimum atomic E-state index is -3.90. The fraction of sp³-hybridized carbons (Fsp3) is 0.0952. The molecule has 156 valence electrons. The Morgan fingerprint density at radius 3 is 2.61 bits per heavy atom. The second kappa shape index (κ2) is 7.40. The van der Waals surface area contributed by atoms with E-state index in [2.05, 4.69) is 36.5 Å². The quantitative estimate of drug-likeness (QED) is 0.351. The van der Waals surface area contributed by atoms with E-state index in [1.165, 1.54) is 28.0 Å². The zero-order valence-electron chi connectivity index (χ0n) is 16.5. The number of benzene rings is 2. The molecule has 0 aliphatic rings. The summed E-state index contributed by atoms with van der Waals surface area (Å²) in [5, 5.41) is 13.2. The molecule has 0 amide bonds. The highest BCUT2D eigenvalue weighted by molar-refractivity contribution is 9.10. The molecule has 5 rings (SSSR count). The molecule has 5 aromatic rings. The summed E-state index contributed by atoms with van der Waals surface area (Å²) in [5.74, 6) is 0.570. The van der Waals surface area contributed by atoms with Crippen molar-refractivity contribution < 1.29 is 8.42 Å². The monoisotopic (exact) mass is 513 g/mol. The Bertz CT molecular complexity index is 1560. The Morgan fingerprint density at radius 2 is 1.84 bits per heavy atom. The average Bonchev–Trinajstić information content (AvgIpc) is 3.39. The van der Waals surface area contributed by atoms with Crippen LogP contribution in [0.3, 0.4) is 0 Å². The molecule has 0 fully saturated rings. The Labute approximate surface area is 190 Å². The van der Waals surface area contributed by atoms with Gasteiger partial charge in [-0.3, -0.25) is 0 Å². The van der Waals surface area contributed by atoms with Crippen molar-refractivity contribution in [1.29, 1.82) is 0 Å². The first kappa shape index (κ1) is 20.1. The van der Waals surface area contributed by atoms with Crippen LogP contribution in [0.15, 0.2) is 68.3 Å². The third-order valence-electron chi connectivity index (χ3n) is 5.16. The van der Waals surface area contributed by atoms with Crippen LogP contribution >= 0.6 is 27.3 Å². The average molecular weight is 514 g/mol. The lowest BCUT2D eigenvalue weighted by Gasteiger charge is -2.12. The van der Waals surface area contributed by atoms with E-state index in [1.54, 1.807) is 12.1 Å². The number of fused-ring (bicyclic) bond motifs is 3. The van der Waals surface area contributed by atoms with Gasteiger partial charge in [0.2, 0.25) is 14.9 Å². The van der Waals surface area contributed by atoms with Crippen molar-refractivity contribution >= 4 is 64.5 Å². The molecule has 2 aromatic carbocycles. The summed E-state index contributed by atoms with van der Waals surface area (Å²) in [6, 6.07) is 14.3. The van der Waals surface area contributed by atoms with Crippen LogP contribution in [0.4, 0.5) is 11.5 Å². The van der Waals surface area contributed by atoms with Crippen LogP contribution in [0.25, 0.3) is 15.9 Å². The number of hydrogen-bond donors (Lipinski definition) is 1. The molecule has 0 bridgehead atoms. The van der Waals surface area contributed by atoms with Crippen LogP contribution in [0, 0.1) is 13.8 Å². The summed E-state index contributed by atoms with van der Waals surface area (Å²) in [6.45, 7) is 4.08. The van der Waals surface area contributed by atoms with Crippen molar-refractivity contribution in [2.45, 2.75) is 23.8 Å². The van der Waals surface area contributed by atoms with Crippen LogP contribution in [-0.4, -0.2) is 28.2 Å². The molecule has 10 heteroatoms. The van der Waals surface area contributed by atoms with Gasteiger partial charge in [-0.05, 0) is 66.8 Å². The topological polar surface area (TPSA) is 89.2 Å². The maximum absolute atomic E-state index is 13.3. The number of thiophene rings is 1. The molecular formula is C21H16BrN5O2S2. The zero-order valence-corrected chi connectivity index (χ0v) is 19.7. The van der Waals surface area contributed by atoms with Crippen molar-refractivity contribution in [1.82, 2.24) is 19.8 Å². The fourth-order valence-corrected chi connectivity index (χ4v) is 5.64. The van der Waals surface area contributed by atoms with E-state index in [9.17, 15) is 8.42 Å². The number of anilines is 2. The summed E-state index contributed by atoms with van der Waals surface area (Å²) in [5.41, 5.74) is 4.09. The predicted octanol–water partition coefficient (Wildman–Crippen LogP) is 5.29. The Hall–Kier alpha value is -2.82. The number of halogens is 1. The second-order valence-electron chi connectivity index (χ2n) is 7.06. The molecule has 0 spiro atoms.